The van der Waals surface area contributed by atoms with Crippen molar-refractivity contribution in [1.82, 2.24) is 15.3 Å². The van der Waals surface area contributed by atoms with Crippen LogP contribution in [0.3, 0.4) is 0 Å². The van der Waals surface area contributed by atoms with Gasteiger partial charge in [0.05, 0.1) is 24.5 Å². The van der Waals surface area contributed by atoms with E-state index in [0.29, 0.717) is 28.7 Å². The Balaban J connectivity index is 1.91. The number of hydrogen-bond acceptors (Lipinski definition) is 7. The van der Waals surface area contributed by atoms with Gasteiger partial charge in [-0.2, -0.15) is 0 Å². The van der Waals surface area contributed by atoms with Crippen LogP contribution in [-0.4, -0.2) is 36.1 Å². The zero-order chi connectivity index (χ0) is 21.0. The van der Waals surface area contributed by atoms with Crippen LogP contribution < -0.4 is 20.1 Å². The fraction of sp³-hybridized carbons (Fsp3) is 0.381. The Morgan fingerprint density at radius 1 is 1.24 bits per heavy atom. The minimum absolute atomic E-state index is 0.0692. The van der Waals surface area contributed by atoms with Gasteiger partial charge in [0, 0.05) is 18.2 Å². The summed E-state index contributed by atoms with van der Waals surface area (Å²) in [7, 11) is 3.24. The second-order valence-electron chi connectivity index (χ2n) is 6.75. The van der Waals surface area contributed by atoms with Gasteiger partial charge in [0.25, 0.3) is 5.91 Å². The highest BCUT2D eigenvalue weighted by atomic mass is 32.1. The van der Waals surface area contributed by atoms with Crippen LogP contribution in [0.25, 0.3) is 10.2 Å². The number of rotatable bonds is 8. The summed E-state index contributed by atoms with van der Waals surface area (Å²) in [5, 5.41) is 7.26. The van der Waals surface area contributed by atoms with E-state index in [1.165, 1.54) is 17.7 Å². The van der Waals surface area contributed by atoms with Gasteiger partial charge in [0.2, 0.25) is 0 Å². The highest BCUT2D eigenvalue weighted by Crippen LogP contribution is 2.35. The third kappa shape index (κ3) is 4.27. The van der Waals surface area contributed by atoms with Crippen LogP contribution in [0.2, 0.25) is 0 Å². The monoisotopic (exact) mass is 414 g/mol. The molecule has 3 rings (SSSR count). The molecule has 0 radical (unpaired) electrons. The molecule has 0 saturated carbocycles. The number of hydrogen-bond donors (Lipinski definition) is 2. The van der Waals surface area contributed by atoms with E-state index in [1.54, 1.807) is 14.2 Å². The van der Waals surface area contributed by atoms with Crippen LogP contribution in [0, 0.1) is 6.92 Å². The normalized spacial score (nSPS) is 11.9. The summed E-state index contributed by atoms with van der Waals surface area (Å²) in [5.74, 6) is 1.98. The zero-order valence-corrected chi connectivity index (χ0v) is 18.1. The molecule has 1 unspecified atom stereocenters. The molecule has 2 aromatic heterocycles. The van der Waals surface area contributed by atoms with Crippen molar-refractivity contribution in [3.05, 3.63) is 40.5 Å². The second kappa shape index (κ2) is 9.09. The summed E-state index contributed by atoms with van der Waals surface area (Å²) < 4.78 is 10.9. The molecule has 0 aliphatic heterocycles. The molecule has 154 valence electrons. The van der Waals surface area contributed by atoms with E-state index in [0.717, 1.165) is 27.8 Å². The highest BCUT2D eigenvalue weighted by molar-refractivity contribution is 7.20. The maximum Gasteiger partial charge on any atom is 0.261 e. The molecule has 0 fully saturated rings. The van der Waals surface area contributed by atoms with Crippen LogP contribution in [0.15, 0.2) is 24.5 Å². The first-order valence-corrected chi connectivity index (χ1v) is 10.3. The Labute approximate surface area is 174 Å². The average molecular weight is 415 g/mol. The SMILES string of the molecule is CCC(C)NC(=O)c1sc2ncnc(NCc3cccc(OC)c3OC)c2c1C. The van der Waals surface area contributed by atoms with Gasteiger partial charge in [-0.1, -0.05) is 19.1 Å². The van der Waals surface area contributed by atoms with Gasteiger partial charge in [-0.3, -0.25) is 4.79 Å². The summed E-state index contributed by atoms with van der Waals surface area (Å²) in [6.45, 7) is 6.47. The number of carbonyl (C=O) groups excluding carboxylic acids is 1. The molecule has 0 aliphatic rings. The molecule has 0 saturated heterocycles. The van der Waals surface area contributed by atoms with E-state index in [-0.39, 0.29) is 11.9 Å². The molecule has 0 spiro atoms. The quantitative estimate of drug-likeness (QED) is 0.576. The maximum atomic E-state index is 12.6. The Kier molecular flexibility index (Phi) is 6.53. The number of para-hydroxylation sites is 1. The first kappa shape index (κ1) is 20.9. The fourth-order valence-electron chi connectivity index (χ4n) is 3.09. The topological polar surface area (TPSA) is 85.4 Å². The van der Waals surface area contributed by atoms with Crippen molar-refractivity contribution >= 4 is 33.3 Å². The summed E-state index contributed by atoms with van der Waals surface area (Å²) in [5.41, 5.74) is 1.83. The lowest BCUT2D eigenvalue weighted by Gasteiger charge is -2.14. The lowest BCUT2D eigenvalue weighted by atomic mass is 10.1. The molecule has 1 amide bonds. The van der Waals surface area contributed by atoms with E-state index < -0.39 is 0 Å². The van der Waals surface area contributed by atoms with Gasteiger partial charge in [0.1, 0.15) is 17.0 Å². The van der Waals surface area contributed by atoms with Crippen LogP contribution in [0.1, 0.15) is 41.1 Å². The molecule has 3 aromatic rings. The number of aryl methyl sites for hydroxylation is 1. The smallest absolute Gasteiger partial charge is 0.261 e. The van der Waals surface area contributed by atoms with E-state index in [9.17, 15) is 4.79 Å². The lowest BCUT2D eigenvalue weighted by molar-refractivity contribution is 0.0943. The predicted molar refractivity (Wildman–Crippen MR) is 116 cm³/mol. The molecule has 2 N–H and O–H groups in total. The predicted octanol–water partition coefficient (Wildman–Crippen LogP) is 4.16. The molecular formula is C21H26N4O3S. The van der Waals surface area contributed by atoms with E-state index in [2.05, 4.69) is 20.6 Å². The number of methoxy groups -OCH3 is 2. The third-order valence-electron chi connectivity index (χ3n) is 4.85. The van der Waals surface area contributed by atoms with Gasteiger partial charge in [0.15, 0.2) is 11.5 Å². The number of anilines is 1. The minimum atomic E-state index is -0.0692. The fourth-order valence-corrected chi connectivity index (χ4v) is 4.14. The number of nitrogens with one attached hydrogen (secondary N) is 2. The molecule has 0 aliphatic carbocycles. The second-order valence-corrected chi connectivity index (χ2v) is 7.75. The molecule has 7 nitrogen and oxygen atoms in total. The standard InChI is InChI=1S/C21H26N4O3S/c1-6-12(2)25-20(26)18-13(3)16-19(23-11-24-21(16)29-18)22-10-14-8-7-9-15(27-4)17(14)28-5/h7-9,11-12H,6,10H2,1-5H3,(H,25,26)(H,22,23,24). The number of thiophene rings is 1. The van der Waals surface area contributed by atoms with Gasteiger partial charge < -0.3 is 20.1 Å². The number of aromatic nitrogens is 2. The molecule has 29 heavy (non-hydrogen) atoms. The van der Waals surface area contributed by atoms with Crippen molar-refractivity contribution in [1.29, 1.82) is 0 Å². The average Bonchev–Trinajstić information content (AvgIpc) is 3.08. The number of benzene rings is 1. The number of fused-ring (bicyclic) bond motifs is 1. The Hall–Kier alpha value is -2.87. The Morgan fingerprint density at radius 3 is 2.72 bits per heavy atom. The summed E-state index contributed by atoms with van der Waals surface area (Å²) >= 11 is 1.39. The van der Waals surface area contributed by atoms with Gasteiger partial charge in [-0.05, 0) is 31.9 Å². The summed E-state index contributed by atoms with van der Waals surface area (Å²) in [4.78, 5) is 22.9. The van der Waals surface area contributed by atoms with Crippen molar-refractivity contribution in [3.8, 4) is 11.5 Å². The van der Waals surface area contributed by atoms with E-state index in [1.807, 2.05) is 39.0 Å². The molecule has 2 heterocycles. The van der Waals surface area contributed by atoms with Gasteiger partial charge in [-0.25, -0.2) is 9.97 Å². The molecular weight excluding hydrogens is 388 g/mol. The van der Waals surface area contributed by atoms with Crippen molar-refractivity contribution in [2.24, 2.45) is 0 Å². The first-order valence-electron chi connectivity index (χ1n) is 9.48. The summed E-state index contributed by atoms with van der Waals surface area (Å²) in [6.07, 6.45) is 2.39. The van der Waals surface area contributed by atoms with E-state index in [4.69, 9.17) is 9.47 Å². The number of amides is 1. The lowest BCUT2D eigenvalue weighted by Crippen LogP contribution is -2.31. The number of carbonyl (C=O) groups is 1. The van der Waals surface area contributed by atoms with Gasteiger partial charge in [-0.15, -0.1) is 11.3 Å². The van der Waals surface area contributed by atoms with Crippen LogP contribution in [0.5, 0.6) is 11.5 Å². The van der Waals surface area contributed by atoms with Crippen molar-refractivity contribution < 1.29 is 14.3 Å². The van der Waals surface area contributed by atoms with Crippen LogP contribution >= 0.6 is 11.3 Å². The van der Waals surface area contributed by atoms with Gasteiger partial charge >= 0.3 is 0 Å². The van der Waals surface area contributed by atoms with Crippen molar-refractivity contribution in [3.63, 3.8) is 0 Å². The molecule has 1 atom stereocenters. The Morgan fingerprint density at radius 2 is 2.03 bits per heavy atom. The largest absolute Gasteiger partial charge is 0.493 e. The van der Waals surface area contributed by atoms with Crippen molar-refractivity contribution in [2.45, 2.75) is 39.8 Å². The highest BCUT2D eigenvalue weighted by Gasteiger charge is 2.20. The summed E-state index contributed by atoms with van der Waals surface area (Å²) in [6, 6.07) is 5.87. The molecule has 8 heteroatoms. The maximum absolute atomic E-state index is 12.6. The first-order chi connectivity index (χ1) is 14.0. The van der Waals surface area contributed by atoms with Crippen LogP contribution in [0.4, 0.5) is 5.82 Å². The molecule has 0 bridgehead atoms. The number of nitrogens with zero attached hydrogens (tertiary/aromatic N) is 2. The third-order valence-corrected chi connectivity index (χ3v) is 6.05. The van der Waals surface area contributed by atoms with Crippen LogP contribution in [-0.2, 0) is 6.54 Å². The zero-order valence-electron chi connectivity index (χ0n) is 17.3. The number of ether oxygens (including phenoxy) is 2. The Bertz CT molecular complexity index is 1020. The van der Waals surface area contributed by atoms with Crippen molar-refractivity contribution in [2.75, 3.05) is 19.5 Å². The minimum Gasteiger partial charge on any atom is -0.493 e. The molecule has 1 aromatic carbocycles. The van der Waals surface area contributed by atoms with E-state index >= 15 is 0 Å².